The molecule has 1 aromatic rings. The zero-order valence-electron chi connectivity index (χ0n) is 6.66. The Morgan fingerprint density at radius 2 is 2.50 bits per heavy atom. The van der Waals surface area contributed by atoms with Crippen molar-refractivity contribution in [1.82, 2.24) is 5.32 Å². The molecule has 12 heavy (non-hydrogen) atoms. The third kappa shape index (κ3) is 2.20. The molecule has 0 aromatic carbocycles. The molecule has 0 amide bonds. The summed E-state index contributed by atoms with van der Waals surface area (Å²) in [6, 6.07) is 2.58. The number of nitrogens with one attached hydrogen (secondary N) is 1. The third-order valence-electron chi connectivity index (χ3n) is 1.87. The van der Waals surface area contributed by atoms with Crippen LogP contribution in [0.5, 0.6) is 0 Å². The minimum Gasteiger partial charge on any atom is -0.378 e. The monoisotopic (exact) mass is 205 g/mol. The minimum absolute atomic E-state index is 0. The van der Waals surface area contributed by atoms with Gasteiger partial charge >= 0.3 is 0 Å². The van der Waals surface area contributed by atoms with Crippen LogP contribution in [0.25, 0.3) is 0 Å². The lowest BCUT2D eigenvalue weighted by molar-refractivity contribution is 0.0770. The fourth-order valence-corrected chi connectivity index (χ4v) is 1.97. The number of halogens is 1. The molecule has 0 bridgehead atoms. The molecule has 2 rings (SSSR count). The number of hydrogen-bond acceptors (Lipinski definition) is 3. The van der Waals surface area contributed by atoms with E-state index in [2.05, 4.69) is 22.1 Å². The highest BCUT2D eigenvalue weighted by atomic mass is 35.5. The standard InChI is InChI=1S/C8H11NOS.ClH/c1-4-11-6-7(1)8-5-10-3-2-9-8;/h1,4,6,8-9H,2-3,5H2;1H/t8-;/m1./s1. The van der Waals surface area contributed by atoms with Gasteiger partial charge in [-0.25, -0.2) is 0 Å². The quantitative estimate of drug-likeness (QED) is 0.756. The predicted molar refractivity (Wildman–Crippen MR) is 53.1 cm³/mol. The summed E-state index contributed by atoms with van der Waals surface area (Å²) in [5.74, 6) is 0. The van der Waals surface area contributed by atoms with Crippen LogP contribution in [0, 0.1) is 0 Å². The Balaban J connectivity index is 0.000000720. The average molecular weight is 206 g/mol. The van der Waals surface area contributed by atoms with E-state index in [0.29, 0.717) is 6.04 Å². The van der Waals surface area contributed by atoms with E-state index < -0.39 is 0 Å². The van der Waals surface area contributed by atoms with Gasteiger partial charge in [0.2, 0.25) is 0 Å². The lowest BCUT2D eigenvalue weighted by atomic mass is 10.1. The molecule has 0 spiro atoms. The molecular formula is C8H12ClNOS. The Hall–Kier alpha value is -0.0900. The van der Waals surface area contributed by atoms with Gasteiger partial charge in [0.05, 0.1) is 19.3 Å². The summed E-state index contributed by atoms with van der Waals surface area (Å²) in [5, 5.41) is 7.68. The lowest BCUT2D eigenvalue weighted by Crippen LogP contribution is -2.34. The fraction of sp³-hybridized carbons (Fsp3) is 0.500. The molecule has 1 N–H and O–H groups in total. The van der Waals surface area contributed by atoms with Crippen LogP contribution in [0.1, 0.15) is 11.6 Å². The maximum absolute atomic E-state index is 5.35. The molecule has 0 radical (unpaired) electrons. The third-order valence-corrected chi connectivity index (χ3v) is 2.57. The normalized spacial score (nSPS) is 23.2. The van der Waals surface area contributed by atoms with E-state index >= 15 is 0 Å². The molecule has 1 saturated heterocycles. The highest BCUT2D eigenvalue weighted by Gasteiger charge is 2.14. The molecule has 0 unspecified atom stereocenters. The predicted octanol–water partition coefficient (Wildman–Crippen LogP) is 1.83. The van der Waals surface area contributed by atoms with Gasteiger partial charge in [0.25, 0.3) is 0 Å². The van der Waals surface area contributed by atoms with Crippen LogP contribution in [-0.4, -0.2) is 19.8 Å². The van der Waals surface area contributed by atoms with Gasteiger partial charge in [-0.2, -0.15) is 11.3 Å². The van der Waals surface area contributed by atoms with Gasteiger partial charge in [0.1, 0.15) is 0 Å². The summed E-state index contributed by atoms with van der Waals surface area (Å²) in [6.45, 7) is 2.64. The summed E-state index contributed by atoms with van der Waals surface area (Å²) < 4.78 is 5.35. The molecule has 1 aliphatic heterocycles. The van der Waals surface area contributed by atoms with Gasteiger partial charge in [0.15, 0.2) is 0 Å². The van der Waals surface area contributed by atoms with Gasteiger partial charge in [-0.3, -0.25) is 0 Å². The molecule has 1 aromatic heterocycles. The first kappa shape index (κ1) is 9.99. The van der Waals surface area contributed by atoms with Crippen molar-refractivity contribution in [3.8, 4) is 0 Å². The first-order chi connectivity index (χ1) is 5.47. The Morgan fingerprint density at radius 1 is 1.58 bits per heavy atom. The Morgan fingerprint density at radius 3 is 3.08 bits per heavy atom. The smallest absolute Gasteiger partial charge is 0.0662 e. The van der Waals surface area contributed by atoms with Gasteiger partial charge in [0, 0.05) is 6.54 Å². The van der Waals surface area contributed by atoms with Crippen molar-refractivity contribution in [2.75, 3.05) is 19.8 Å². The van der Waals surface area contributed by atoms with Crippen LogP contribution in [0.15, 0.2) is 16.8 Å². The number of hydrogen-bond donors (Lipinski definition) is 1. The minimum atomic E-state index is 0. The molecule has 1 fully saturated rings. The highest BCUT2D eigenvalue weighted by molar-refractivity contribution is 7.07. The molecule has 1 aliphatic rings. The Kier molecular flexibility index (Phi) is 4.01. The van der Waals surface area contributed by atoms with Gasteiger partial charge in [-0.05, 0) is 22.4 Å². The topological polar surface area (TPSA) is 21.3 Å². The van der Waals surface area contributed by atoms with E-state index in [0.717, 1.165) is 19.8 Å². The van der Waals surface area contributed by atoms with Crippen LogP contribution in [0.4, 0.5) is 0 Å². The molecule has 0 saturated carbocycles. The second kappa shape index (κ2) is 4.82. The number of thiophene rings is 1. The summed E-state index contributed by atoms with van der Waals surface area (Å²) >= 11 is 1.74. The van der Waals surface area contributed by atoms with E-state index in [-0.39, 0.29) is 12.4 Å². The summed E-state index contributed by atoms with van der Waals surface area (Å²) in [6.07, 6.45) is 0. The molecule has 68 valence electrons. The van der Waals surface area contributed by atoms with Crippen molar-refractivity contribution in [3.63, 3.8) is 0 Å². The van der Waals surface area contributed by atoms with E-state index in [4.69, 9.17) is 4.74 Å². The maximum atomic E-state index is 5.35. The summed E-state index contributed by atoms with van der Waals surface area (Å²) in [7, 11) is 0. The summed E-state index contributed by atoms with van der Waals surface area (Å²) in [5.41, 5.74) is 1.36. The van der Waals surface area contributed by atoms with Crippen molar-refractivity contribution in [2.45, 2.75) is 6.04 Å². The first-order valence-electron chi connectivity index (χ1n) is 3.80. The Labute approximate surface area is 82.3 Å². The summed E-state index contributed by atoms with van der Waals surface area (Å²) in [4.78, 5) is 0. The Bertz CT molecular complexity index is 209. The van der Waals surface area contributed by atoms with Crippen LogP contribution in [0.3, 0.4) is 0 Å². The van der Waals surface area contributed by atoms with Crippen molar-refractivity contribution < 1.29 is 4.74 Å². The van der Waals surface area contributed by atoms with E-state index in [1.165, 1.54) is 5.56 Å². The molecule has 0 aliphatic carbocycles. The number of rotatable bonds is 1. The molecule has 2 heterocycles. The van der Waals surface area contributed by atoms with Crippen LogP contribution in [-0.2, 0) is 4.74 Å². The van der Waals surface area contributed by atoms with E-state index in [1.54, 1.807) is 11.3 Å². The second-order valence-corrected chi connectivity index (χ2v) is 3.42. The van der Waals surface area contributed by atoms with E-state index in [1.807, 2.05) is 0 Å². The molecule has 4 heteroatoms. The van der Waals surface area contributed by atoms with Crippen molar-refractivity contribution >= 4 is 23.7 Å². The van der Waals surface area contributed by atoms with Gasteiger partial charge in [-0.15, -0.1) is 12.4 Å². The molecule has 1 atom stereocenters. The number of ether oxygens (including phenoxy) is 1. The largest absolute Gasteiger partial charge is 0.378 e. The first-order valence-corrected chi connectivity index (χ1v) is 4.74. The van der Waals surface area contributed by atoms with Gasteiger partial charge < -0.3 is 10.1 Å². The fourth-order valence-electron chi connectivity index (χ4n) is 1.25. The molecular weight excluding hydrogens is 194 g/mol. The van der Waals surface area contributed by atoms with Crippen molar-refractivity contribution in [2.24, 2.45) is 0 Å². The van der Waals surface area contributed by atoms with Crippen molar-refractivity contribution in [3.05, 3.63) is 22.4 Å². The zero-order valence-corrected chi connectivity index (χ0v) is 8.29. The second-order valence-electron chi connectivity index (χ2n) is 2.64. The van der Waals surface area contributed by atoms with Crippen LogP contribution in [0.2, 0.25) is 0 Å². The van der Waals surface area contributed by atoms with E-state index in [9.17, 15) is 0 Å². The molecule has 2 nitrogen and oxygen atoms in total. The average Bonchev–Trinajstić information content (AvgIpc) is 2.58. The van der Waals surface area contributed by atoms with Crippen LogP contribution >= 0.6 is 23.7 Å². The maximum Gasteiger partial charge on any atom is 0.0662 e. The SMILES string of the molecule is Cl.c1cc([C@H]2COCCN2)cs1. The number of morpholine rings is 1. The highest BCUT2D eigenvalue weighted by Crippen LogP contribution is 2.17. The zero-order chi connectivity index (χ0) is 7.52. The van der Waals surface area contributed by atoms with Crippen LogP contribution < -0.4 is 5.32 Å². The van der Waals surface area contributed by atoms with Gasteiger partial charge in [-0.1, -0.05) is 0 Å². The van der Waals surface area contributed by atoms with Crippen molar-refractivity contribution in [1.29, 1.82) is 0 Å². The lowest BCUT2D eigenvalue weighted by Gasteiger charge is -2.22.